The summed E-state index contributed by atoms with van der Waals surface area (Å²) in [5, 5.41) is 62.4. The maximum Gasteiger partial charge on any atom is 0.329 e. The number of aliphatic hydroxyl groups is 5. The van der Waals surface area contributed by atoms with Crippen molar-refractivity contribution >= 4 is 17.5 Å². The normalized spacial score (nSPS) is 32.3. The van der Waals surface area contributed by atoms with Gasteiger partial charge < -0.3 is 40.5 Å². The van der Waals surface area contributed by atoms with Gasteiger partial charge in [0.1, 0.15) is 24.5 Å². The van der Waals surface area contributed by atoms with E-state index in [0.717, 1.165) is 6.20 Å². The number of aromatic nitrogens is 2. The Balaban J connectivity index is 2.42. The number of nitro groups is 1. The molecule has 1 aromatic rings. The minimum Gasteiger partial charge on any atom is -0.394 e. The molecule has 0 radical (unpaired) electrons. The summed E-state index contributed by atoms with van der Waals surface area (Å²) in [5.41, 5.74) is -0.629. The van der Waals surface area contributed by atoms with Crippen molar-refractivity contribution < 1.29 is 35.2 Å². The van der Waals surface area contributed by atoms with Crippen molar-refractivity contribution in [1.29, 1.82) is 0 Å². The smallest absolute Gasteiger partial charge is 0.329 e. The Bertz CT molecular complexity index is 644. The molecule has 13 nitrogen and oxygen atoms in total. The molecule has 2 rings (SSSR count). The van der Waals surface area contributed by atoms with Crippen LogP contribution in [-0.4, -0.2) is 91.5 Å². The van der Waals surface area contributed by atoms with E-state index in [1.165, 1.54) is 4.90 Å². The highest BCUT2D eigenvalue weighted by atomic mass is 16.7. The first-order valence-electron chi connectivity index (χ1n) is 7.13. The third-order valence-electron chi connectivity index (χ3n) is 3.62. The molecule has 6 N–H and O–H groups in total. The summed E-state index contributed by atoms with van der Waals surface area (Å²) < 4.78 is 4.99. The van der Waals surface area contributed by atoms with E-state index in [1.807, 2.05) is 0 Å². The lowest BCUT2D eigenvalue weighted by molar-refractivity contribution is -0.385. The number of aliphatic hydroxyl groups excluding tert-OH is 4. The van der Waals surface area contributed by atoms with Gasteiger partial charge in [-0.25, -0.2) is 4.98 Å². The van der Waals surface area contributed by atoms with Crippen LogP contribution >= 0.6 is 0 Å². The molecular formula is C12H19N5O8. The molecule has 25 heavy (non-hydrogen) atoms. The number of nitrogens with zero attached hydrogens (tertiary/aromatic N) is 4. The topological polar surface area (TPSA) is 195 Å². The predicted octanol–water partition coefficient (Wildman–Crippen LogP) is -3.02. The average Bonchev–Trinajstić information content (AvgIpc) is 2.56. The molecule has 2 heterocycles. The number of anilines is 2. The molecule has 13 heteroatoms. The molecule has 0 bridgehead atoms. The first-order valence-corrected chi connectivity index (χ1v) is 7.13. The molecule has 0 saturated carbocycles. The zero-order valence-corrected chi connectivity index (χ0v) is 13.3. The third-order valence-corrected chi connectivity index (χ3v) is 3.62. The molecule has 1 unspecified atom stereocenters. The van der Waals surface area contributed by atoms with E-state index in [4.69, 9.17) is 9.84 Å². The molecule has 1 fully saturated rings. The summed E-state index contributed by atoms with van der Waals surface area (Å²) in [7, 11) is 3.15. The molecule has 1 saturated heterocycles. The molecule has 1 aliphatic heterocycles. The van der Waals surface area contributed by atoms with Gasteiger partial charge in [0.2, 0.25) is 11.8 Å². The molecule has 0 aromatic carbocycles. The van der Waals surface area contributed by atoms with Gasteiger partial charge in [-0.05, 0) is 0 Å². The van der Waals surface area contributed by atoms with Gasteiger partial charge in [0.15, 0.2) is 6.10 Å². The maximum absolute atomic E-state index is 11.1. The third kappa shape index (κ3) is 3.60. The van der Waals surface area contributed by atoms with Gasteiger partial charge in [0.05, 0.1) is 11.5 Å². The van der Waals surface area contributed by atoms with Crippen molar-refractivity contribution in [3.8, 4) is 0 Å². The van der Waals surface area contributed by atoms with Crippen LogP contribution in [0.2, 0.25) is 0 Å². The van der Waals surface area contributed by atoms with Crippen LogP contribution < -0.4 is 10.2 Å². The lowest BCUT2D eigenvalue weighted by atomic mass is 9.96. The Morgan fingerprint density at radius 2 is 2.04 bits per heavy atom. The minimum atomic E-state index is -2.76. The van der Waals surface area contributed by atoms with Crippen molar-refractivity contribution in [2.24, 2.45) is 0 Å². The Labute approximate surface area is 141 Å². The molecule has 0 amide bonds. The second kappa shape index (κ2) is 6.99. The minimum absolute atomic E-state index is 0.0568. The van der Waals surface area contributed by atoms with E-state index >= 15 is 0 Å². The quantitative estimate of drug-likeness (QED) is 0.177. The first kappa shape index (κ1) is 19.2. The fourth-order valence-electron chi connectivity index (χ4n) is 2.23. The van der Waals surface area contributed by atoms with Gasteiger partial charge in [0.25, 0.3) is 5.91 Å². The zero-order valence-electron chi connectivity index (χ0n) is 13.3. The highest BCUT2D eigenvalue weighted by Crippen LogP contribution is 2.32. The maximum atomic E-state index is 11.1. The Hall–Kier alpha value is -2.16. The Kier molecular flexibility index (Phi) is 5.36. The van der Waals surface area contributed by atoms with Crippen LogP contribution in [-0.2, 0) is 4.74 Å². The lowest BCUT2D eigenvalue weighted by Gasteiger charge is -2.45. The van der Waals surface area contributed by atoms with E-state index in [9.17, 15) is 30.5 Å². The number of ether oxygens (including phenoxy) is 1. The van der Waals surface area contributed by atoms with Crippen molar-refractivity contribution in [2.45, 2.75) is 30.3 Å². The van der Waals surface area contributed by atoms with Crippen LogP contribution in [0, 0.1) is 10.1 Å². The van der Waals surface area contributed by atoms with E-state index in [0.29, 0.717) is 0 Å². The second-order valence-corrected chi connectivity index (χ2v) is 5.64. The fraction of sp³-hybridized carbons (Fsp3) is 0.667. The molecule has 0 spiro atoms. The summed E-state index contributed by atoms with van der Waals surface area (Å²) in [5.74, 6) is -3.19. The van der Waals surface area contributed by atoms with Gasteiger partial charge in [-0.3, -0.25) is 10.1 Å². The van der Waals surface area contributed by atoms with Crippen LogP contribution in [0.3, 0.4) is 0 Å². The van der Waals surface area contributed by atoms with Gasteiger partial charge in [-0.1, -0.05) is 0 Å². The SMILES string of the molecule is CN(C)c1ncc([N+](=O)[O-])c(NC2(O)O[C@H](CO)[C@@H](O)[C@H](O)[C@H]2O)n1. The van der Waals surface area contributed by atoms with Crippen LogP contribution in [0.25, 0.3) is 0 Å². The standard InChI is InChI=1S/C12H19N5O8/c1-16(2)11-13-3-5(17(23)24)10(14-11)15-12(22)9(21)8(20)7(19)6(4-18)25-12/h3,6-9,18-22H,4H2,1-2H3,(H,13,14,15)/t6-,7-,8+,9-,12?/m1/s1. The van der Waals surface area contributed by atoms with Crippen LogP contribution in [0.15, 0.2) is 6.20 Å². The summed E-state index contributed by atoms with van der Waals surface area (Å²) in [6, 6.07) is 0. The van der Waals surface area contributed by atoms with Crippen LogP contribution in [0.4, 0.5) is 17.5 Å². The Morgan fingerprint density at radius 3 is 2.56 bits per heavy atom. The number of hydrogen-bond donors (Lipinski definition) is 6. The average molecular weight is 361 g/mol. The Morgan fingerprint density at radius 1 is 1.40 bits per heavy atom. The summed E-state index contributed by atoms with van der Waals surface area (Å²) >= 11 is 0. The van der Waals surface area contributed by atoms with Gasteiger partial charge in [0, 0.05) is 14.1 Å². The second-order valence-electron chi connectivity index (χ2n) is 5.64. The summed E-state index contributed by atoms with van der Waals surface area (Å²) in [4.78, 5) is 19.4. The number of hydrogen-bond acceptors (Lipinski definition) is 12. The van der Waals surface area contributed by atoms with Crippen molar-refractivity contribution in [2.75, 3.05) is 30.9 Å². The van der Waals surface area contributed by atoms with E-state index in [1.54, 1.807) is 14.1 Å². The van der Waals surface area contributed by atoms with Crippen LogP contribution in [0.1, 0.15) is 0 Å². The number of rotatable bonds is 5. The zero-order chi connectivity index (χ0) is 18.9. The molecule has 140 valence electrons. The van der Waals surface area contributed by atoms with Gasteiger partial charge >= 0.3 is 5.69 Å². The largest absolute Gasteiger partial charge is 0.394 e. The molecule has 1 aliphatic rings. The van der Waals surface area contributed by atoms with E-state index < -0.39 is 53.4 Å². The summed E-state index contributed by atoms with van der Waals surface area (Å²) in [6.45, 7) is -0.788. The number of nitrogens with one attached hydrogen (secondary N) is 1. The molecule has 0 aliphatic carbocycles. The fourth-order valence-corrected chi connectivity index (χ4v) is 2.23. The highest BCUT2D eigenvalue weighted by molar-refractivity contribution is 5.58. The van der Waals surface area contributed by atoms with Crippen molar-refractivity contribution in [1.82, 2.24) is 9.97 Å². The predicted molar refractivity (Wildman–Crippen MR) is 81.6 cm³/mol. The van der Waals surface area contributed by atoms with Crippen molar-refractivity contribution in [3.63, 3.8) is 0 Å². The molecule has 5 atom stereocenters. The molecular weight excluding hydrogens is 342 g/mol. The van der Waals surface area contributed by atoms with E-state index in [2.05, 4.69) is 15.3 Å². The van der Waals surface area contributed by atoms with E-state index in [-0.39, 0.29) is 5.95 Å². The lowest BCUT2D eigenvalue weighted by Crippen LogP contribution is -2.68. The van der Waals surface area contributed by atoms with Crippen LogP contribution in [0.5, 0.6) is 0 Å². The molecule has 1 aromatic heterocycles. The monoisotopic (exact) mass is 361 g/mol. The van der Waals surface area contributed by atoms with Crippen molar-refractivity contribution in [3.05, 3.63) is 16.3 Å². The van der Waals surface area contributed by atoms with Gasteiger partial charge in [-0.2, -0.15) is 4.98 Å². The highest BCUT2D eigenvalue weighted by Gasteiger charge is 2.53. The summed E-state index contributed by atoms with van der Waals surface area (Å²) in [6.07, 6.45) is -6.23. The first-order chi connectivity index (χ1) is 11.6. The van der Waals surface area contributed by atoms with Gasteiger partial charge in [-0.15, -0.1) is 0 Å².